The van der Waals surface area contributed by atoms with Gasteiger partial charge < -0.3 is 5.73 Å². The molecule has 0 saturated carbocycles. The Kier molecular flexibility index (Phi) is 3.59. The predicted molar refractivity (Wildman–Crippen MR) is 72.6 cm³/mol. The summed E-state index contributed by atoms with van der Waals surface area (Å²) < 4.78 is 12.1. The van der Waals surface area contributed by atoms with Crippen LogP contribution in [0, 0.1) is 13.8 Å². The molecule has 0 bridgehead atoms. The van der Waals surface area contributed by atoms with Crippen molar-refractivity contribution < 1.29 is 4.21 Å². The number of anilines is 1. The fraction of sp³-hybridized carbons (Fsp3) is 0.250. The molecule has 1 heterocycles. The predicted octanol–water partition coefficient (Wildman–Crippen LogP) is 2.65. The number of rotatable bonds is 3. The lowest BCUT2D eigenvalue weighted by Crippen LogP contribution is -1.98. The van der Waals surface area contributed by atoms with Gasteiger partial charge in [-0.2, -0.15) is 0 Å². The van der Waals surface area contributed by atoms with Gasteiger partial charge in [-0.3, -0.25) is 4.21 Å². The summed E-state index contributed by atoms with van der Waals surface area (Å²) in [4.78, 5) is 5.13. The third kappa shape index (κ3) is 2.92. The minimum Gasteiger partial charge on any atom is -0.399 e. The molecular formula is C12H14N2OS2. The van der Waals surface area contributed by atoms with Crippen molar-refractivity contribution in [1.82, 2.24) is 4.98 Å². The van der Waals surface area contributed by atoms with Crippen molar-refractivity contribution in [1.29, 1.82) is 0 Å². The van der Waals surface area contributed by atoms with Gasteiger partial charge in [0.2, 0.25) is 0 Å². The van der Waals surface area contributed by atoms with Crippen LogP contribution in [0.25, 0.3) is 0 Å². The summed E-state index contributed by atoms with van der Waals surface area (Å²) in [5, 5.41) is 2.89. The summed E-state index contributed by atoms with van der Waals surface area (Å²) in [6, 6.07) is 5.50. The summed E-state index contributed by atoms with van der Waals surface area (Å²) in [6.07, 6.45) is 0. The van der Waals surface area contributed by atoms with Gasteiger partial charge in [0.15, 0.2) is 0 Å². The lowest BCUT2D eigenvalue weighted by molar-refractivity contribution is 0.682. The molecule has 0 aliphatic rings. The Bertz CT molecular complexity index is 563. The lowest BCUT2D eigenvalue weighted by atomic mass is 10.2. The molecule has 2 rings (SSSR count). The van der Waals surface area contributed by atoms with E-state index >= 15 is 0 Å². The van der Waals surface area contributed by atoms with Crippen LogP contribution in [0.1, 0.15) is 16.3 Å². The summed E-state index contributed by atoms with van der Waals surface area (Å²) in [5.74, 6) is 0.474. The van der Waals surface area contributed by atoms with Crippen LogP contribution >= 0.6 is 11.3 Å². The molecule has 3 nitrogen and oxygen atoms in total. The van der Waals surface area contributed by atoms with Crippen molar-refractivity contribution in [3.05, 3.63) is 39.8 Å². The molecule has 1 aromatic heterocycles. The highest BCUT2D eigenvalue weighted by molar-refractivity contribution is 7.84. The van der Waals surface area contributed by atoms with E-state index in [1.54, 1.807) is 17.4 Å². The monoisotopic (exact) mass is 266 g/mol. The van der Waals surface area contributed by atoms with Crippen LogP contribution < -0.4 is 5.73 Å². The number of nitrogen functional groups attached to an aromatic ring is 1. The van der Waals surface area contributed by atoms with E-state index in [9.17, 15) is 4.21 Å². The first-order valence-electron chi connectivity index (χ1n) is 5.22. The van der Waals surface area contributed by atoms with Crippen LogP contribution in [-0.4, -0.2) is 9.19 Å². The molecule has 1 unspecified atom stereocenters. The Hall–Kier alpha value is -1.20. The quantitative estimate of drug-likeness (QED) is 0.869. The number of aromatic nitrogens is 1. The van der Waals surface area contributed by atoms with Gasteiger partial charge in [0, 0.05) is 21.7 Å². The molecule has 1 aromatic carbocycles. The van der Waals surface area contributed by atoms with Crippen molar-refractivity contribution in [3.8, 4) is 0 Å². The maximum absolute atomic E-state index is 12.1. The molecule has 0 fully saturated rings. The van der Waals surface area contributed by atoms with Crippen molar-refractivity contribution in [2.24, 2.45) is 0 Å². The fourth-order valence-electron chi connectivity index (χ4n) is 1.45. The van der Waals surface area contributed by atoms with E-state index in [1.165, 1.54) is 0 Å². The van der Waals surface area contributed by atoms with E-state index in [0.29, 0.717) is 5.75 Å². The van der Waals surface area contributed by atoms with Crippen LogP contribution in [0.4, 0.5) is 5.69 Å². The normalized spacial score (nSPS) is 12.6. The lowest BCUT2D eigenvalue weighted by Gasteiger charge is -2.04. The van der Waals surface area contributed by atoms with Crippen LogP contribution in [0.2, 0.25) is 0 Å². The van der Waals surface area contributed by atoms with Gasteiger partial charge >= 0.3 is 0 Å². The van der Waals surface area contributed by atoms with Crippen molar-refractivity contribution in [2.75, 3.05) is 5.73 Å². The Balaban J connectivity index is 2.17. The van der Waals surface area contributed by atoms with E-state index < -0.39 is 10.8 Å². The number of aryl methyl sites for hydroxylation is 2. The minimum absolute atomic E-state index is 0.474. The molecule has 0 aliphatic carbocycles. The number of benzene rings is 1. The average molecular weight is 266 g/mol. The first-order valence-corrected chi connectivity index (χ1v) is 7.41. The highest BCUT2D eigenvalue weighted by Crippen LogP contribution is 2.19. The van der Waals surface area contributed by atoms with Crippen molar-refractivity contribution >= 4 is 27.8 Å². The average Bonchev–Trinajstić information content (AvgIpc) is 2.68. The van der Waals surface area contributed by atoms with Gasteiger partial charge in [0.25, 0.3) is 0 Å². The zero-order chi connectivity index (χ0) is 12.4. The number of thiazole rings is 1. The van der Waals surface area contributed by atoms with Gasteiger partial charge in [-0.1, -0.05) is 0 Å². The summed E-state index contributed by atoms with van der Waals surface area (Å²) in [5.41, 5.74) is 8.41. The molecule has 0 radical (unpaired) electrons. The number of hydrogen-bond acceptors (Lipinski definition) is 4. The van der Waals surface area contributed by atoms with Crippen LogP contribution in [0.15, 0.2) is 28.5 Å². The Morgan fingerprint density at radius 1 is 1.41 bits per heavy atom. The first kappa shape index (κ1) is 12.3. The first-order chi connectivity index (χ1) is 8.06. The second kappa shape index (κ2) is 4.98. The SMILES string of the molecule is Cc1csc(CS(=O)c2ccc(N)c(C)c2)n1. The maximum atomic E-state index is 12.1. The maximum Gasteiger partial charge on any atom is 0.106 e. The molecule has 0 saturated heterocycles. The zero-order valence-electron chi connectivity index (χ0n) is 9.77. The Morgan fingerprint density at radius 2 is 2.18 bits per heavy atom. The van der Waals surface area contributed by atoms with Crippen LogP contribution in [0.5, 0.6) is 0 Å². The van der Waals surface area contributed by atoms with E-state index in [4.69, 9.17) is 5.73 Å². The van der Waals surface area contributed by atoms with E-state index in [2.05, 4.69) is 4.98 Å². The standard InChI is InChI=1S/C12H14N2OS2/c1-8-5-10(3-4-11(8)13)17(15)7-12-14-9(2)6-16-12/h3-6H,7,13H2,1-2H3. The molecule has 2 N–H and O–H groups in total. The summed E-state index contributed by atoms with van der Waals surface area (Å²) in [7, 11) is -1.05. The molecule has 5 heteroatoms. The molecule has 0 amide bonds. The van der Waals surface area contributed by atoms with Crippen molar-refractivity contribution in [2.45, 2.75) is 24.5 Å². The van der Waals surface area contributed by atoms with Crippen LogP contribution in [-0.2, 0) is 16.6 Å². The molecule has 0 spiro atoms. The summed E-state index contributed by atoms with van der Waals surface area (Å²) in [6.45, 7) is 3.86. The zero-order valence-corrected chi connectivity index (χ0v) is 11.4. The van der Waals surface area contributed by atoms with Gasteiger partial charge in [-0.05, 0) is 37.6 Å². The molecular weight excluding hydrogens is 252 g/mol. The highest BCUT2D eigenvalue weighted by Gasteiger charge is 2.08. The third-order valence-electron chi connectivity index (χ3n) is 2.43. The largest absolute Gasteiger partial charge is 0.399 e. The van der Waals surface area contributed by atoms with Gasteiger partial charge in [-0.15, -0.1) is 11.3 Å². The molecule has 90 valence electrons. The van der Waals surface area contributed by atoms with E-state index in [-0.39, 0.29) is 0 Å². The molecule has 0 aliphatic heterocycles. The Morgan fingerprint density at radius 3 is 2.76 bits per heavy atom. The van der Waals surface area contributed by atoms with Gasteiger partial charge in [-0.25, -0.2) is 4.98 Å². The molecule has 2 aromatic rings. The second-order valence-corrected chi connectivity index (χ2v) is 6.28. The van der Waals surface area contributed by atoms with Gasteiger partial charge in [0.1, 0.15) is 5.01 Å². The molecule has 1 atom stereocenters. The fourth-order valence-corrected chi connectivity index (χ4v) is 3.59. The topological polar surface area (TPSA) is 56.0 Å². The number of nitrogens with two attached hydrogens (primary N) is 1. The second-order valence-electron chi connectivity index (χ2n) is 3.89. The van der Waals surface area contributed by atoms with E-state index in [1.807, 2.05) is 31.4 Å². The minimum atomic E-state index is -1.05. The summed E-state index contributed by atoms with van der Waals surface area (Å²) >= 11 is 1.55. The highest BCUT2D eigenvalue weighted by atomic mass is 32.2. The molecule has 17 heavy (non-hydrogen) atoms. The third-order valence-corrected chi connectivity index (χ3v) is 4.89. The van der Waals surface area contributed by atoms with Crippen LogP contribution in [0.3, 0.4) is 0 Å². The number of hydrogen-bond donors (Lipinski definition) is 1. The smallest absolute Gasteiger partial charge is 0.106 e. The number of nitrogens with zero attached hydrogens (tertiary/aromatic N) is 1. The van der Waals surface area contributed by atoms with Gasteiger partial charge in [0.05, 0.1) is 16.6 Å². The van der Waals surface area contributed by atoms with E-state index in [0.717, 1.165) is 26.8 Å². The Labute approximate surface area is 107 Å². The van der Waals surface area contributed by atoms with Crippen molar-refractivity contribution in [3.63, 3.8) is 0 Å².